The second-order valence-corrected chi connectivity index (χ2v) is 6.91. The lowest BCUT2D eigenvalue weighted by molar-refractivity contribution is -0.119. The Bertz CT molecular complexity index is 846. The molecule has 0 aromatic heterocycles. The topological polar surface area (TPSA) is 76.7 Å². The van der Waals surface area contributed by atoms with Crippen molar-refractivity contribution in [3.63, 3.8) is 0 Å². The predicted molar refractivity (Wildman–Crippen MR) is 101 cm³/mol. The summed E-state index contributed by atoms with van der Waals surface area (Å²) in [5.74, 6) is 0.484. The molecule has 0 saturated carbocycles. The van der Waals surface area contributed by atoms with Crippen molar-refractivity contribution in [1.29, 1.82) is 0 Å². The highest BCUT2D eigenvalue weighted by Gasteiger charge is 2.17. The van der Waals surface area contributed by atoms with Crippen molar-refractivity contribution in [2.24, 2.45) is 0 Å². The molecule has 2 amide bonds. The van der Waals surface area contributed by atoms with Gasteiger partial charge in [0.2, 0.25) is 18.6 Å². The number of fused-ring (bicyclic) bond motifs is 1. The predicted octanol–water partition coefficient (Wildman–Crippen LogP) is 3.10. The molecule has 27 heavy (non-hydrogen) atoms. The lowest BCUT2D eigenvalue weighted by Crippen LogP contribution is -2.28. The zero-order valence-electron chi connectivity index (χ0n) is 14.7. The second-order valence-electron chi connectivity index (χ2n) is 5.92. The largest absolute Gasteiger partial charge is 0.454 e. The maximum atomic E-state index is 13.5. The van der Waals surface area contributed by atoms with Crippen LogP contribution in [-0.4, -0.2) is 30.1 Å². The highest BCUT2D eigenvalue weighted by Crippen LogP contribution is 2.34. The van der Waals surface area contributed by atoms with Crippen LogP contribution in [0.15, 0.2) is 42.5 Å². The molecule has 3 rings (SSSR count). The Morgan fingerprint density at radius 3 is 2.67 bits per heavy atom. The highest BCUT2D eigenvalue weighted by molar-refractivity contribution is 8.00. The number of para-hydroxylation sites is 1. The summed E-state index contributed by atoms with van der Waals surface area (Å²) in [6.07, 6.45) is 0. The monoisotopic (exact) mass is 390 g/mol. The number of benzene rings is 2. The summed E-state index contributed by atoms with van der Waals surface area (Å²) < 4.78 is 24.1. The van der Waals surface area contributed by atoms with Crippen molar-refractivity contribution in [3.8, 4) is 11.5 Å². The number of carbonyl (C=O) groups excluding carboxylic acids is 2. The van der Waals surface area contributed by atoms with Gasteiger partial charge in [-0.25, -0.2) is 4.39 Å². The number of nitrogens with one attached hydrogen (secondary N) is 2. The Hall–Kier alpha value is -2.74. The van der Waals surface area contributed by atoms with Gasteiger partial charge < -0.3 is 20.1 Å². The van der Waals surface area contributed by atoms with Crippen LogP contribution in [0.5, 0.6) is 11.5 Å². The van der Waals surface area contributed by atoms with Crippen molar-refractivity contribution in [3.05, 3.63) is 53.8 Å². The van der Waals surface area contributed by atoms with Crippen LogP contribution in [0.3, 0.4) is 0 Å². The molecule has 1 aliphatic heterocycles. The average molecular weight is 390 g/mol. The van der Waals surface area contributed by atoms with Crippen molar-refractivity contribution in [2.75, 3.05) is 23.6 Å². The Balaban J connectivity index is 1.41. The van der Waals surface area contributed by atoms with Crippen LogP contribution in [0.1, 0.15) is 18.5 Å². The zero-order chi connectivity index (χ0) is 19.2. The summed E-state index contributed by atoms with van der Waals surface area (Å²) >= 11 is 1.16. The van der Waals surface area contributed by atoms with Gasteiger partial charge in [-0.2, -0.15) is 0 Å². The van der Waals surface area contributed by atoms with Gasteiger partial charge in [0, 0.05) is 0 Å². The van der Waals surface area contributed by atoms with Crippen LogP contribution in [-0.2, 0) is 9.59 Å². The SMILES string of the molecule is CC(NC(=O)CSCC(=O)Nc1ccccc1F)c1ccc2c(c1)OCO2. The smallest absolute Gasteiger partial charge is 0.234 e. The summed E-state index contributed by atoms with van der Waals surface area (Å²) in [4.78, 5) is 23.9. The van der Waals surface area contributed by atoms with Crippen molar-refractivity contribution in [1.82, 2.24) is 5.32 Å². The maximum Gasteiger partial charge on any atom is 0.234 e. The van der Waals surface area contributed by atoms with Crippen LogP contribution in [0.2, 0.25) is 0 Å². The first-order valence-electron chi connectivity index (χ1n) is 8.34. The molecule has 1 atom stereocenters. The number of carbonyl (C=O) groups is 2. The second kappa shape index (κ2) is 8.77. The molecule has 0 saturated heterocycles. The molecular weight excluding hydrogens is 371 g/mol. The minimum absolute atomic E-state index is 0.0557. The van der Waals surface area contributed by atoms with Crippen molar-refractivity contribution < 1.29 is 23.5 Å². The fourth-order valence-corrected chi connectivity index (χ4v) is 3.16. The average Bonchev–Trinajstić information content (AvgIpc) is 3.11. The summed E-state index contributed by atoms with van der Waals surface area (Å²) in [7, 11) is 0. The molecule has 0 bridgehead atoms. The third kappa shape index (κ3) is 5.13. The molecule has 1 unspecified atom stereocenters. The van der Waals surface area contributed by atoms with E-state index in [0.29, 0.717) is 11.5 Å². The molecule has 1 aliphatic rings. The van der Waals surface area contributed by atoms with Crippen LogP contribution in [0, 0.1) is 5.82 Å². The molecular formula is C19H19FN2O4S. The summed E-state index contributed by atoms with van der Waals surface area (Å²) in [6, 6.07) is 11.2. The van der Waals surface area contributed by atoms with E-state index in [1.54, 1.807) is 12.1 Å². The van der Waals surface area contributed by atoms with E-state index < -0.39 is 5.82 Å². The van der Waals surface area contributed by atoms with Gasteiger partial charge in [0.25, 0.3) is 0 Å². The van der Waals surface area contributed by atoms with E-state index in [1.165, 1.54) is 12.1 Å². The lowest BCUT2D eigenvalue weighted by atomic mass is 10.1. The quantitative estimate of drug-likeness (QED) is 0.760. The van der Waals surface area contributed by atoms with Crippen LogP contribution in [0.25, 0.3) is 0 Å². The molecule has 8 heteroatoms. The van der Waals surface area contributed by atoms with Gasteiger partial charge in [-0.05, 0) is 36.8 Å². The number of halogens is 1. The van der Waals surface area contributed by atoms with Gasteiger partial charge in [-0.1, -0.05) is 18.2 Å². The van der Waals surface area contributed by atoms with Gasteiger partial charge in [-0.15, -0.1) is 11.8 Å². The van der Waals surface area contributed by atoms with Crippen LogP contribution < -0.4 is 20.1 Å². The summed E-state index contributed by atoms with van der Waals surface area (Å²) in [5, 5.41) is 5.35. The molecule has 1 heterocycles. The number of hydrogen-bond acceptors (Lipinski definition) is 5. The van der Waals surface area contributed by atoms with E-state index in [0.717, 1.165) is 17.3 Å². The number of amides is 2. The Morgan fingerprint density at radius 1 is 1.11 bits per heavy atom. The van der Waals surface area contributed by atoms with E-state index in [4.69, 9.17) is 9.47 Å². The Morgan fingerprint density at radius 2 is 1.85 bits per heavy atom. The fourth-order valence-electron chi connectivity index (χ4n) is 2.53. The van der Waals surface area contributed by atoms with Crippen LogP contribution in [0.4, 0.5) is 10.1 Å². The number of rotatable bonds is 7. The molecule has 0 radical (unpaired) electrons. The minimum Gasteiger partial charge on any atom is -0.454 e. The van der Waals surface area contributed by atoms with Gasteiger partial charge in [0.1, 0.15) is 5.82 Å². The Kier molecular flexibility index (Phi) is 6.18. The molecule has 2 aromatic rings. The summed E-state index contributed by atoms with van der Waals surface area (Å²) in [6.45, 7) is 2.07. The van der Waals surface area contributed by atoms with Gasteiger partial charge in [0.15, 0.2) is 11.5 Å². The standard InChI is InChI=1S/C19H19FN2O4S/c1-12(13-6-7-16-17(8-13)26-11-25-16)21-18(23)9-27-10-19(24)22-15-5-3-2-4-14(15)20/h2-8,12H,9-11H2,1H3,(H,21,23)(H,22,24). The zero-order valence-corrected chi connectivity index (χ0v) is 15.5. The highest BCUT2D eigenvalue weighted by atomic mass is 32.2. The molecule has 142 valence electrons. The maximum absolute atomic E-state index is 13.5. The normalized spacial score (nSPS) is 13.1. The molecule has 0 spiro atoms. The van der Waals surface area contributed by atoms with Gasteiger partial charge in [-0.3, -0.25) is 9.59 Å². The number of thioether (sulfide) groups is 1. The number of hydrogen-bond donors (Lipinski definition) is 2. The Labute approximate surface area is 160 Å². The van der Waals surface area contributed by atoms with Gasteiger partial charge >= 0.3 is 0 Å². The van der Waals surface area contributed by atoms with Crippen molar-refractivity contribution in [2.45, 2.75) is 13.0 Å². The molecule has 2 aromatic carbocycles. The van der Waals surface area contributed by atoms with E-state index in [1.807, 2.05) is 25.1 Å². The van der Waals surface area contributed by atoms with Gasteiger partial charge in [0.05, 0.1) is 23.2 Å². The van der Waals surface area contributed by atoms with Crippen molar-refractivity contribution >= 4 is 29.3 Å². The number of ether oxygens (including phenoxy) is 2. The molecule has 0 fully saturated rings. The van der Waals surface area contributed by atoms with E-state index in [2.05, 4.69) is 10.6 Å². The molecule has 0 aliphatic carbocycles. The van der Waals surface area contributed by atoms with Crippen LogP contribution >= 0.6 is 11.8 Å². The fraction of sp³-hybridized carbons (Fsp3) is 0.263. The number of anilines is 1. The first-order valence-corrected chi connectivity index (χ1v) is 9.49. The third-order valence-corrected chi connectivity index (χ3v) is 4.82. The third-order valence-electron chi connectivity index (χ3n) is 3.89. The first-order chi connectivity index (χ1) is 13.0. The van der Waals surface area contributed by atoms with E-state index >= 15 is 0 Å². The summed E-state index contributed by atoms with van der Waals surface area (Å²) in [5.41, 5.74) is 1.03. The van der Waals surface area contributed by atoms with E-state index in [9.17, 15) is 14.0 Å². The van der Waals surface area contributed by atoms with E-state index in [-0.39, 0.29) is 41.8 Å². The minimum atomic E-state index is -0.494. The lowest BCUT2D eigenvalue weighted by Gasteiger charge is -2.14. The first kappa shape index (κ1) is 19.0. The molecule has 2 N–H and O–H groups in total. The molecule has 6 nitrogen and oxygen atoms in total.